The van der Waals surface area contributed by atoms with Gasteiger partial charge in [0.25, 0.3) is 0 Å². The number of aromatic nitrogens is 2. The summed E-state index contributed by atoms with van der Waals surface area (Å²) in [7, 11) is -3.81. The molecule has 11 heteroatoms. The van der Waals surface area contributed by atoms with Crippen molar-refractivity contribution in [3.8, 4) is 0 Å². The van der Waals surface area contributed by atoms with Crippen LogP contribution in [0.25, 0.3) is 0 Å². The van der Waals surface area contributed by atoms with Crippen molar-refractivity contribution in [1.82, 2.24) is 9.97 Å². The zero-order valence-electron chi connectivity index (χ0n) is 19.1. The molecule has 2 N–H and O–H groups in total. The van der Waals surface area contributed by atoms with Crippen LogP contribution in [-0.2, 0) is 22.0 Å². The van der Waals surface area contributed by atoms with Gasteiger partial charge in [0.1, 0.15) is 5.82 Å². The minimum absolute atomic E-state index is 0.255. The Balaban J connectivity index is 1.39. The summed E-state index contributed by atoms with van der Waals surface area (Å²) in [5, 5.41) is 3.15. The van der Waals surface area contributed by atoms with Crippen LogP contribution in [0.5, 0.6) is 0 Å². The Morgan fingerprint density at radius 1 is 0.914 bits per heavy atom. The number of nitrogens with one attached hydrogen (secondary N) is 2. The van der Waals surface area contributed by atoms with Crippen LogP contribution in [0.4, 0.5) is 36.3 Å². The van der Waals surface area contributed by atoms with Gasteiger partial charge in [0.05, 0.1) is 11.3 Å². The van der Waals surface area contributed by atoms with E-state index in [1.165, 1.54) is 6.42 Å². The van der Waals surface area contributed by atoms with Crippen LogP contribution in [-0.4, -0.2) is 31.5 Å². The first-order valence-corrected chi connectivity index (χ1v) is 12.9. The molecule has 0 saturated carbocycles. The number of rotatable bonds is 7. The first kappa shape index (κ1) is 24.8. The number of anilines is 4. The van der Waals surface area contributed by atoms with Gasteiger partial charge in [-0.3, -0.25) is 4.72 Å². The van der Waals surface area contributed by atoms with Gasteiger partial charge in [0.2, 0.25) is 16.0 Å². The molecular weight excluding hydrogens is 479 g/mol. The van der Waals surface area contributed by atoms with E-state index in [9.17, 15) is 21.6 Å². The van der Waals surface area contributed by atoms with Crippen LogP contribution in [0.1, 0.15) is 36.1 Å². The fourth-order valence-corrected chi connectivity index (χ4v) is 5.07. The third kappa shape index (κ3) is 6.84. The molecule has 0 radical (unpaired) electrons. The van der Waals surface area contributed by atoms with Gasteiger partial charge in [-0.05, 0) is 68.1 Å². The molecule has 1 aliphatic heterocycles. The summed E-state index contributed by atoms with van der Waals surface area (Å²) >= 11 is 0. The molecule has 35 heavy (non-hydrogen) atoms. The summed E-state index contributed by atoms with van der Waals surface area (Å²) < 4.78 is 65.5. The highest BCUT2D eigenvalue weighted by molar-refractivity contribution is 7.91. The van der Waals surface area contributed by atoms with Gasteiger partial charge in [-0.1, -0.05) is 12.1 Å². The number of benzene rings is 2. The Morgan fingerprint density at radius 2 is 1.54 bits per heavy atom. The van der Waals surface area contributed by atoms with Gasteiger partial charge in [-0.25, -0.2) is 13.4 Å². The van der Waals surface area contributed by atoms with E-state index in [-0.39, 0.29) is 5.56 Å². The predicted octanol–water partition coefficient (Wildman–Crippen LogP) is 5.48. The van der Waals surface area contributed by atoms with Crippen LogP contribution in [0.2, 0.25) is 0 Å². The molecule has 2 aromatic carbocycles. The van der Waals surface area contributed by atoms with Gasteiger partial charge >= 0.3 is 6.18 Å². The van der Waals surface area contributed by atoms with Crippen molar-refractivity contribution in [3.63, 3.8) is 0 Å². The first-order chi connectivity index (χ1) is 16.6. The summed E-state index contributed by atoms with van der Waals surface area (Å²) in [4.78, 5) is 11.3. The van der Waals surface area contributed by atoms with Crippen LogP contribution in [0, 0.1) is 6.92 Å². The molecule has 0 unspecified atom stereocenters. The molecule has 7 nitrogen and oxygen atoms in total. The predicted molar refractivity (Wildman–Crippen MR) is 130 cm³/mol. The first-order valence-electron chi connectivity index (χ1n) is 11.2. The highest BCUT2D eigenvalue weighted by Gasteiger charge is 2.30. The number of piperidine rings is 1. The average molecular weight is 506 g/mol. The molecule has 186 valence electrons. The van der Waals surface area contributed by atoms with Crippen molar-refractivity contribution >= 4 is 33.2 Å². The minimum Gasteiger partial charge on any atom is -0.356 e. The lowest BCUT2D eigenvalue weighted by Gasteiger charge is -2.28. The maximum Gasteiger partial charge on any atom is 0.416 e. The largest absolute Gasteiger partial charge is 0.416 e. The summed E-state index contributed by atoms with van der Waals surface area (Å²) in [6.45, 7) is 3.85. The quantitative estimate of drug-likeness (QED) is 0.442. The van der Waals surface area contributed by atoms with Gasteiger partial charge in [0, 0.05) is 36.2 Å². The maximum absolute atomic E-state index is 12.7. The highest BCUT2D eigenvalue weighted by atomic mass is 32.2. The van der Waals surface area contributed by atoms with E-state index in [4.69, 9.17) is 0 Å². The lowest BCUT2D eigenvalue weighted by atomic mass is 10.1. The van der Waals surface area contributed by atoms with Crippen molar-refractivity contribution in [2.75, 3.05) is 28.0 Å². The van der Waals surface area contributed by atoms with Gasteiger partial charge in [-0.15, -0.1) is 0 Å². The number of aryl methyl sites for hydroxylation is 1. The zero-order chi connectivity index (χ0) is 25.1. The zero-order valence-corrected chi connectivity index (χ0v) is 20.0. The monoisotopic (exact) mass is 505 g/mol. The van der Waals surface area contributed by atoms with Crippen molar-refractivity contribution in [2.45, 2.75) is 38.1 Å². The van der Waals surface area contributed by atoms with Crippen molar-refractivity contribution < 1.29 is 21.6 Å². The summed E-state index contributed by atoms with van der Waals surface area (Å²) in [6, 6.07) is 12.6. The third-order valence-electron chi connectivity index (χ3n) is 5.57. The van der Waals surface area contributed by atoms with E-state index in [1.54, 1.807) is 24.3 Å². The second kappa shape index (κ2) is 10.1. The molecule has 0 aliphatic carbocycles. The van der Waals surface area contributed by atoms with Gasteiger partial charge in [0.15, 0.2) is 0 Å². The number of alkyl halides is 3. The topological polar surface area (TPSA) is 87.2 Å². The number of sulfonamides is 1. The molecule has 1 saturated heterocycles. The molecule has 2 heterocycles. The minimum atomic E-state index is -4.47. The second-order valence-electron chi connectivity index (χ2n) is 8.50. The smallest absolute Gasteiger partial charge is 0.356 e. The summed E-state index contributed by atoms with van der Waals surface area (Å²) in [5.41, 5.74) is 1.29. The number of hydrogen-bond acceptors (Lipinski definition) is 6. The highest BCUT2D eigenvalue weighted by Crippen LogP contribution is 2.29. The molecule has 1 fully saturated rings. The molecule has 0 atom stereocenters. The Hall–Kier alpha value is -3.34. The lowest BCUT2D eigenvalue weighted by molar-refractivity contribution is -0.137. The Morgan fingerprint density at radius 3 is 2.17 bits per heavy atom. The maximum atomic E-state index is 12.7. The number of halogens is 3. The standard InChI is InChI=1S/C24H26F3N5O2S/c1-17-15-22(32-13-3-2-4-14-32)30-23(28-17)29-20-9-11-21(12-10-20)31-35(33,34)16-18-5-7-19(8-6-18)24(25,26)27/h5-12,15,31H,2-4,13-14,16H2,1H3,(H,28,29,30). The summed E-state index contributed by atoms with van der Waals surface area (Å²) in [6.07, 6.45) is -0.958. The van der Waals surface area contributed by atoms with E-state index in [1.807, 2.05) is 13.0 Å². The van der Waals surface area contributed by atoms with Gasteiger partial charge < -0.3 is 10.2 Å². The number of nitrogens with zero attached hydrogens (tertiary/aromatic N) is 3. The Bertz CT molecular complexity index is 1260. The van der Waals surface area contributed by atoms with Crippen molar-refractivity contribution in [1.29, 1.82) is 0 Å². The van der Waals surface area contributed by atoms with Gasteiger partial charge in [-0.2, -0.15) is 18.2 Å². The molecule has 3 aromatic rings. The van der Waals surface area contributed by atoms with Crippen LogP contribution >= 0.6 is 0 Å². The lowest BCUT2D eigenvalue weighted by Crippen LogP contribution is -2.30. The SMILES string of the molecule is Cc1cc(N2CCCCC2)nc(Nc2ccc(NS(=O)(=O)Cc3ccc(C(F)(F)F)cc3)cc2)n1. The average Bonchev–Trinajstić information content (AvgIpc) is 2.80. The van der Waals surface area contributed by atoms with Crippen molar-refractivity contribution in [2.24, 2.45) is 0 Å². The fraction of sp³-hybridized carbons (Fsp3) is 0.333. The molecule has 0 amide bonds. The molecule has 1 aliphatic rings. The molecule has 4 rings (SSSR count). The Kier molecular flexibility index (Phi) is 7.15. The Labute approximate surface area is 202 Å². The van der Waals surface area contributed by atoms with E-state index >= 15 is 0 Å². The normalized spacial score (nSPS) is 14.6. The van der Waals surface area contributed by atoms with Crippen LogP contribution in [0.15, 0.2) is 54.6 Å². The fourth-order valence-electron chi connectivity index (χ4n) is 3.87. The molecule has 1 aromatic heterocycles. The number of hydrogen-bond donors (Lipinski definition) is 2. The summed E-state index contributed by atoms with van der Waals surface area (Å²) in [5.74, 6) is 0.898. The van der Waals surface area contributed by atoms with E-state index in [0.29, 0.717) is 17.3 Å². The molecular formula is C24H26F3N5O2S. The van der Waals surface area contributed by atoms with Crippen molar-refractivity contribution in [3.05, 3.63) is 71.4 Å². The van der Waals surface area contributed by atoms with E-state index in [2.05, 4.69) is 24.9 Å². The van der Waals surface area contributed by atoms with Crippen LogP contribution < -0.4 is 14.9 Å². The second-order valence-corrected chi connectivity index (χ2v) is 10.2. The third-order valence-corrected chi connectivity index (χ3v) is 6.83. The molecule has 0 bridgehead atoms. The van der Waals surface area contributed by atoms with Crippen LogP contribution in [0.3, 0.4) is 0 Å². The van der Waals surface area contributed by atoms with E-state index in [0.717, 1.165) is 61.7 Å². The van der Waals surface area contributed by atoms with E-state index < -0.39 is 27.5 Å². The molecule has 0 spiro atoms.